The standard InChI is InChI=1S/C17H17N3O3/c1-11-13(9-18-20(11)3)10-19(2)16(21)14-8-12-6-4-5-7-15(12)23-17(14)22/h4-9H,10H2,1-3H3. The molecule has 0 saturated heterocycles. The molecule has 3 rings (SSSR count). The molecule has 0 spiro atoms. The van der Waals surface area contributed by atoms with Crippen LogP contribution >= 0.6 is 0 Å². The quantitative estimate of drug-likeness (QED) is 0.695. The molecule has 0 saturated carbocycles. The molecule has 0 aliphatic rings. The molecule has 3 aromatic rings. The van der Waals surface area contributed by atoms with Crippen molar-refractivity contribution in [1.82, 2.24) is 14.7 Å². The second-order valence-corrected chi connectivity index (χ2v) is 5.53. The highest BCUT2D eigenvalue weighted by atomic mass is 16.4. The van der Waals surface area contributed by atoms with E-state index < -0.39 is 5.63 Å². The van der Waals surface area contributed by atoms with E-state index in [1.54, 1.807) is 42.2 Å². The average molecular weight is 311 g/mol. The molecule has 2 heterocycles. The van der Waals surface area contributed by atoms with Crippen LogP contribution < -0.4 is 5.63 Å². The highest BCUT2D eigenvalue weighted by molar-refractivity contribution is 5.96. The summed E-state index contributed by atoms with van der Waals surface area (Å²) in [6.07, 6.45) is 1.72. The fourth-order valence-electron chi connectivity index (χ4n) is 2.44. The molecule has 0 fully saturated rings. The van der Waals surface area contributed by atoms with Crippen molar-refractivity contribution in [2.75, 3.05) is 7.05 Å². The summed E-state index contributed by atoms with van der Waals surface area (Å²) in [7, 11) is 3.50. The van der Waals surface area contributed by atoms with Crippen molar-refractivity contribution in [2.45, 2.75) is 13.5 Å². The molecule has 0 bridgehead atoms. The monoisotopic (exact) mass is 311 g/mol. The van der Waals surface area contributed by atoms with Crippen molar-refractivity contribution < 1.29 is 9.21 Å². The molecule has 0 atom stereocenters. The zero-order valence-corrected chi connectivity index (χ0v) is 13.2. The van der Waals surface area contributed by atoms with Crippen LogP contribution in [0, 0.1) is 6.92 Å². The van der Waals surface area contributed by atoms with E-state index in [1.165, 1.54) is 4.90 Å². The Hall–Kier alpha value is -2.89. The molecule has 6 nitrogen and oxygen atoms in total. The second-order valence-electron chi connectivity index (χ2n) is 5.53. The van der Waals surface area contributed by atoms with Gasteiger partial charge in [0.15, 0.2) is 0 Å². The average Bonchev–Trinajstić information content (AvgIpc) is 2.85. The summed E-state index contributed by atoms with van der Waals surface area (Å²) in [5.41, 5.74) is 1.81. The van der Waals surface area contributed by atoms with Gasteiger partial charge in [-0.25, -0.2) is 4.79 Å². The van der Waals surface area contributed by atoms with E-state index in [9.17, 15) is 9.59 Å². The van der Waals surface area contributed by atoms with Crippen LogP contribution in [0.25, 0.3) is 11.0 Å². The summed E-state index contributed by atoms with van der Waals surface area (Å²) >= 11 is 0. The lowest BCUT2D eigenvalue weighted by molar-refractivity contribution is 0.0781. The van der Waals surface area contributed by atoms with Gasteiger partial charge >= 0.3 is 5.63 Å². The van der Waals surface area contributed by atoms with Crippen LogP contribution in [-0.4, -0.2) is 27.6 Å². The molecule has 6 heteroatoms. The van der Waals surface area contributed by atoms with E-state index in [2.05, 4.69) is 5.10 Å². The minimum Gasteiger partial charge on any atom is -0.422 e. The van der Waals surface area contributed by atoms with Crippen LogP contribution in [0.15, 0.2) is 45.7 Å². The molecule has 1 amide bonds. The molecule has 0 aliphatic heterocycles. The fraction of sp³-hybridized carbons (Fsp3) is 0.235. The van der Waals surface area contributed by atoms with Crippen molar-refractivity contribution in [3.63, 3.8) is 0 Å². The van der Waals surface area contributed by atoms with Crippen LogP contribution in [-0.2, 0) is 13.6 Å². The molecule has 23 heavy (non-hydrogen) atoms. The lowest BCUT2D eigenvalue weighted by atomic mass is 10.1. The van der Waals surface area contributed by atoms with Gasteiger partial charge in [0.05, 0.1) is 6.20 Å². The van der Waals surface area contributed by atoms with Crippen LogP contribution in [0.1, 0.15) is 21.6 Å². The molecular weight excluding hydrogens is 294 g/mol. The Morgan fingerprint density at radius 1 is 1.35 bits per heavy atom. The normalized spacial score (nSPS) is 10.9. The van der Waals surface area contributed by atoms with Crippen LogP contribution in [0.2, 0.25) is 0 Å². The van der Waals surface area contributed by atoms with Gasteiger partial charge in [0.25, 0.3) is 5.91 Å². The van der Waals surface area contributed by atoms with Crippen molar-refractivity contribution in [1.29, 1.82) is 0 Å². The Kier molecular flexibility index (Phi) is 3.73. The molecule has 118 valence electrons. The topological polar surface area (TPSA) is 68.3 Å². The SMILES string of the molecule is Cc1c(CN(C)C(=O)c2cc3ccccc3oc2=O)cnn1C. The van der Waals surface area contributed by atoms with Crippen LogP contribution in [0.5, 0.6) is 0 Å². The molecule has 0 N–H and O–H groups in total. The number of amides is 1. The first-order valence-corrected chi connectivity index (χ1v) is 7.23. The number of hydrogen-bond acceptors (Lipinski definition) is 4. The molecule has 0 unspecified atom stereocenters. The maximum Gasteiger partial charge on any atom is 0.349 e. The summed E-state index contributed by atoms with van der Waals surface area (Å²) in [6, 6.07) is 8.70. The maximum atomic E-state index is 12.6. The van der Waals surface area contributed by atoms with Gasteiger partial charge in [-0.05, 0) is 19.1 Å². The smallest absolute Gasteiger partial charge is 0.349 e. The number of aryl methyl sites for hydroxylation is 1. The zero-order valence-electron chi connectivity index (χ0n) is 13.2. The van der Waals surface area contributed by atoms with Crippen LogP contribution in [0.4, 0.5) is 0 Å². The molecule has 0 radical (unpaired) electrons. The number of rotatable bonds is 3. The maximum absolute atomic E-state index is 12.6. The Morgan fingerprint density at radius 3 is 2.78 bits per heavy atom. The summed E-state index contributed by atoms with van der Waals surface area (Å²) in [5, 5.41) is 4.88. The predicted molar refractivity (Wildman–Crippen MR) is 86.2 cm³/mol. The largest absolute Gasteiger partial charge is 0.422 e. The summed E-state index contributed by atoms with van der Waals surface area (Å²) < 4.78 is 6.97. The van der Waals surface area contributed by atoms with Gasteiger partial charge in [-0.15, -0.1) is 0 Å². The third-order valence-electron chi connectivity index (χ3n) is 3.96. The Morgan fingerprint density at radius 2 is 2.09 bits per heavy atom. The van der Waals surface area contributed by atoms with Crippen LogP contribution in [0.3, 0.4) is 0 Å². The number of hydrogen-bond donors (Lipinski definition) is 0. The predicted octanol–water partition coefficient (Wildman–Crippen LogP) is 2.11. The van der Waals surface area contributed by atoms with Gasteiger partial charge in [-0.1, -0.05) is 18.2 Å². The highest BCUT2D eigenvalue weighted by Crippen LogP contribution is 2.15. The number of aromatic nitrogens is 2. The summed E-state index contributed by atoms with van der Waals surface area (Å²) in [4.78, 5) is 26.1. The minimum absolute atomic E-state index is 0.0349. The van der Waals surface area contributed by atoms with Gasteiger partial charge in [-0.3, -0.25) is 9.48 Å². The Labute approximate surface area is 132 Å². The third kappa shape index (κ3) is 2.75. The minimum atomic E-state index is -0.622. The first-order valence-electron chi connectivity index (χ1n) is 7.23. The van der Waals surface area contributed by atoms with Crippen molar-refractivity contribution in [3.05, 3.63) is 63.8 Å². The second kappa shape index (κ2) is 5.72. The lowest BCUT2D eigenvalue weighted by Gasteiger charge is -2.16. The summed E-state index contributed by atoms with van der Waals surface area (Å²) in [6.45, 7) is 2.32. The molecule has 2 aromatic heterocycles. The number of nitrogens with zero attached hydrogens (tertiary/aromatic N) is 3. The van der Waals surface area contributed by atoms with Gasteiger partial charge in [0.1, 0.15) is 11.1 Å². The molecular formula is C17H17N3O3. The highest BCUT2D eigenvalue weighted by Gasteiger charge is 2.19. The zero-order chi connectivity index (χ0) is 16.6. The third-order valence-corrected chi connectivity index (χ3v) is 3.96. The van der Waals surface area contributed by atoms with Crippen molar-refractivity contribution in [2.24, 2.45) is 7.05 Å². The van der Waals surface area contributed by atoms with E-state index in [0.717, 1.165) is 16.6 Å². The van der Waals surface area contributed by atoms with E-state index in [4.69, 9.17) is 4.42 Å². The van der Waals surface area contributed by atoms with E-state index in [0.29, 0.717) is 12.1 Å². The number of fused-ring (bicyclic) bond motifs is 1. The fourth-order valence-corrected chi connectivity index (χ4v) is 2.44. The number of carbonyl (C=O) groups excluding carboxylic acids is 1. The van der Waals surface area contributed by atoms with Crippen molar-refractivity contribution >= 4 is 16.9 Å². The number of para-hydroxylation sites is 1. The van der Waals surface area contributed by atoms with E-state index in [-0.39, 0.29) is 11.5 Å². The number of benzene rings is 1. The molecule has 1 aromatic carbocycles. The first kappa shape index (κ1) is 15.0. The summed E-state index contributed by atoms with van der Waals surface area (Å²) in [5.74, 6) is -0.368. The number of carbonyl (C=O) groups is 1. The molecule has 0 aliphatic carbocycles. The Balaban J connectivity index is 1.91. The van der Waals surface area contributed by atoms with E-state index in [1.807, 2.05) is 20.0 Å². The van der Waals surface area contributed by atoms with Gasteiger partial charge in [0, 0.05) is 37.3 Å². The Bertz CT molecular complexity index is 940. The van der Waals surface area contributed by atoms with Gasteiger partial charge < -0.3 is 9.32 Å². The van der Waals surface area contributed by atoms with Crippen molar-refractivity contribution in [3.8, 4) is 0 Å². The van der Waals surface area contributed by atoms with E-state index >= 15 is 0 Å². The van der Waals surface area contributed by atoms with Gasteiger partial charge in [0.2, 0.25) is 0 Å². The lowest BCUT2D eigenvalue weighted by Crippen LogP contribution is -2.30. The van der Waals surface area contributed by atoms with Gasteiger partial charge in [-0.2, -0.15) is 5.10 Å². The first-order chi connectivity index (χ1) is 11.0.